The van der Waals surface area contributed by atoms with Crippen LogP contribution in [-0.4, -0.2) is 49.5 Å². The summed E-state index contributed by atoms with van der Waals surface area (Å²) in [6.07, 6.45) is 7.61. The fourth-order valence-corrected chi connectivity index (χ4v) is 3.63. The lowest BCUT2D eigenvalue weighted by atomic mass is 9.87. The number of carbonyl (C=O) groups is 1. The van der Waals surface area contributed by atoms with Crippen LogP contribution in [0.5, 0.6) is 0 Å². The van der Waals surface area contributed by atoms with E-state index in [-0.39, 0.29) is 29.9 Å². The van der Waals surface area contributed by atoms with E-state index >= 15 is 0 Å². The minimum absolute atomic E-state index is 0. The Kier molecular flexibility index (Phi) is 10.0. The summed E-state index contributed by atoms with van der Waals surface area (Å²) < 4.78 is 0. The molecule has 0 bridgehead atoms. The Morgan fingerprint density at radius 1 is 1.25 bits per heavy atom. The van der Waals surface area contributed by atoms with E-state index in [1.165, 1.54) is 19.3 Å². The number of amides is 1. The van der Waals surface area contributed by atoms with E-state index in [0.717, 1.165) is 56.7 Å². The molecule has 1 heterocycles. The highest BCUT2D eigenvalue weighted by atomic mass is 127. The molecule has 6 heteroatoms. The fraction of sp³-hybridized carbons (Fsp3) is 0.889. The summed E-state index contributed by atoms with van der Waals surface area (Å²) in [5.41, 5.74) is 0. The highest BCUT2D eigenvalue weighted by Crippen LogP contribution is 2.28. The molecule has 2 N–H and O–H groups in total. The van der Waals surface area contributed by atoms with Gasteiger partial charge in [0.1, 0.15) is 0 Å². The normalized spacial score (nSPS) is 20.9. The fourth-order valence-electron chi connectivity index (χ4n) is 3.63. The predicted molar refractivity (Wildman–Crippen MR) is 111 cm³/mol. The monoisotopic (exact) mass is 450 g/mol. The Labute approximate surface area is 164 Å². The van der Waals surface area contributed by atoms with E-state index in [0.29, 0.717) is 12.5 Å². The van der Waals surface area contributed by atoms with Crippen LogP contribution in [0.4, 0.5) is 0 Å². The van der Waals surface area contributed by atoms with Gasteiger partial charge in [0.2, 0.25) is 5.91 Å². The number of aliphatic imine (C=N–C) groups is 1. The van der Waals surface area contributed by atoms with Crippen LogP contribution in [0.15, 0.2) is 4.99 Å². The van der Waals surface area contributed by atoms with Crippen LogP contribution in [0, 0.1) is 11.8 Å². The molecule has 1 aliphatic heterocycles. The van der Waals surface area contributed by atoms with E-state index < -0.39 is 0 Å². The van der Waals surface area contributed by atoms with Crippen molar-refractivity contribution in [3.05, 3.63) is 0 Å². The molecule has 1 atom stereocenters. The van der Waals surface area contributed by atoms with E-state index in [1.807, 2.05) is 7.05 Å². The third-order valence-electron chi connectivity index (χ3n) is 5.26. The molecule has 2 fully saturated rings. The number of nitrogens with zero attached hydrogens (tertiary/aromatic N) is 2. The van der Waals surface area contributed by atoms with Gasteiger partial charge in [-0.25, -0.2) is 0 Å². The van der Waals surface area contributed by atoms with Gasteiger partial charge in [-0.15, -0.1) is 24.0 Å². The number of hydrogen-bond donors (Lipinski definition) is 2. The number of hydrogen-bond acceptors (Lipinski definition) is 2. The second-order valence-corrected chi connectivity index (χ2v) is 6.99. The molecular weight excluding hydrogens is 415 g/mol. The van der Waals surface area contributed by atoms with Gasteiger partial charge in [0.05, 0.1) is 0 Å². The molecule has 140 valence electrons. The van der Waals surface area contributed by atoms with Crippen molar-refractivity contribution < 1.29 is 4.79 Å². The number of likely N-dealkylation sites (tertiary alicyclic amines) is 1. The second kappa shape index (κ2) is 11.2. The van der Waals surface area contributed by atoms with Gasteiger partial charge in [-0.2, -0.15) is 0 Å². The Morgan fingerprint density at radius 2 is 1.96 bits per heavy atom. The predicted octanol–water partition coefficient (Wildman–Crippen LogP) is 3.00. The SMILES string of the molecule is CCC(CC)C1CCN(C(=NC)NCCCC(=O)NC2CC2)C1.I. The summed E-state index contributed by atoms with van der Waals surface area (Å²) in [6.45, 7) is 7.64. The van der Waals surface area contributed by atoms with Crippen LogP contribution in [-0.2, 0) is 4.79 Å². The lowest BCUT2D eigenvalue weighted by Gasteiger charge is -2.24. The largest absolute Gasteiger partial charge is 0.356 e. The average Bonchev–Trinajstić information content (AvgIpc) is 3.23. The number of rotatable bonds is 8. The Balaban J connectivity index is 0.00000288. The van der Waals surface area contributed by atoms with Gasteiger partial charge < -0.3 is 15.5 Å². The minimum atomic E-state index is 0. The van der Waals surface area contributed by atoms with Crippen LogP contribution in [0.1, 0.15) is 58.8 Å². The van der Waals surface area contributed by atoms with Crippen molar-refractivity contribution in [1.29, 1.82) is 0 Å². The van der Waals surface area contributed by atoms with Gasteiger partial charge in [0, 0.05) is 39.1 Å². The minimum Gasteiger partial charge on any atom is -0.356 e. The van der Waals surface area contributed by atoms with Gasteiger partial charge in [0.25, 0.3) is 0 Å². The number of halogens is 1. The van der Waals surface area contributed by atoms with Crippen LogP contribution in [0.3, 0.4) is 0 Å². The molecule has 0 aromatic rings. The Hall–Kier alpha value is -0.530. The quantitative estimate of drug-likeness (QED) is 0.259. The summed E-state index contributed by atoms with van der Waals surface area (Å²) in [6, 6.07) is 0.467. The molecule has 24 heavy (non-hydrogen) atoms. The first-order valence-corrected chi connectivity index (χ1v) is 9.42. The zero-order valence-electron chi connectivity index (χ0n) is 15.5. The molecule has 0 radical (unpaired) electrons. The zero-order valence-corrected chi connectivity index (χ0v) is 17.8. The van der Waals surface area contributed by atoms with Crippen molar-refractivity contribution >= 4 is 35.8 Å². The lowest BCUT2D eigenvalue weighted by Crippen LogP contribution is -2.41. The molecule has 0 aromatic heterocycles. The van der Waals surface area contributed by atoms with E-state index in [2.05, 4.69) is 34.4 Å². The standard InChI is InChI=1S/C18H34N4O.HI/c1-4-14(5-2)15-10-12-22(13-15)18(19-3)20-11-6-7-17(23)21-16-8-9-16;/h14-16H,4-13H2,1-3H3,(H,19,20)(H,21,23);1H. The molecular formula is C18H35IN4O. The van der Waals surface area contributed by atoms with E-state index in [4.69, 9.17) is 0 Å². The highest BCUT2D eigenvalue weighted by molar-refractivity contribution is 14.0. The maximum absolute atomic E-state index is 11.7. The van der Waals surface area contributed by atoms with Crippen molar-refractivity contribution in [3.8, 4) is 0 Å². The van der Waals surface area contributed by atoms with Crippen molar-refractivity contribution in [1.82, 2.24) is 15.5 Å². The molecule has 2 rings (SSSR count). The maximum Gasteiger partial charge on any atom is 0.220 e. The highest BCUT2D eigenvalue weighted by Gasteiger charge is 2.29. The van der Waals surface area contributed by atoms with Crippen LogP contribution in [0.25, 0.3) is 0 Å². The van der Waals surface area contributed by atoms with Crippen molar-refractivity contribution in [3.63, 3.8) is 0 Å². The lowest BCUT2D eigenvalue weighted by molar-refractivity contribution is -0.121. The molecule has 1 amide bonds. The molecule has 2 aliphatic rings. The maximum atomic E-state index is 11.7. The summed E-state index contributed by atoms with van der Waals surface area (Å²) in [7, 11) is 1.85. The molecule has 1 unspecified atom stereocenters. The zero-order chi connectivity index (χ0) is 16.7. The van der Waals surface area contributed by atoms with E-state index in [1.54, 1.807) is 0 Å². The summed E-state index contributed by atoms with van der Waals surface area (Å²) >= 11 is 0. The summed E-state index contributed by atoms with van der Waals surface area (Å²) in [5, 5.41) is 6.46. The third-order valence-corrected chi connectivity index (χ3v) is 5.26. The van der Waals surface area contributed by atoms with Gasteiger partial charge in [-0.3, -0.25) is 9.79 Å². The van der Waals surface area contributed by atoms with Crippen molar-refractivity contribution in [2.24, 2.45) is 16.8 Å². The summed E-state index contributed by atoms with van der Waals surface area (Å²) in [4.78, 5) is 18.5. The van der Waals surface area contributed by atoms with Gasteiger partial charge in [0.15, 0.2) is 5.96 Å². The first-order valence-electron chi connectivity index (χ1n) is 9.42. The molecule has 0 aromatic carbocycles. The average molecular weight is 450 g/mol. The van der Waals surface area contributed by atoms with Crippen LogP contribution >= 0.6 is 24.0 Å². The third kappa shape index (κ3) is 6.76. The van der Waals surface area contributed by atoms with Crippen molar-refractivity contribution in [2.75, 3.05) is 26.7 Å². The Morgan fingerprint density at radius 3 is 2.54 bits per heavy atom. The first-order chi connectivity index (χ1) is 11.2. The topological polar surface area (TPSA) is 56.7 Å². The van der Waals surface area contributed by atoms with Gasteiger partial charge >= 0.3 is 0 Å². The van der Waals surface area contributed by atoms with E-state index in [9.17, 15) is 4.79 Å². The van der Waals surface area contributed by atoms with Gasteiger partial charge in [-0.1, -0.05) is 26.7 Å². The molecule has 1 saturated carbocycles. The summed E-state index contributed by atoms with van der Waals surface area (Å²) in [5.74, 6) is 2.83. The Bertz CT molecular complexity index is 408. The first kappa shape index (κ1) is 21.5. The van der Waals surface area contributed by atoms with Crippen LogP contribution < -0.4 is 10.6 Å². The smallest absolute Gasteiger partial charge is 0.220 e. The number of carbonyl (C=O) groups excluding carboxylic acids is 1. The molecule has 1 saturated heterocycles. The number of guanidine groups is 1. The molecule has 0 spiro atoms. The molecule has 1 aliphatic carbocycles. The second-order valence-electron chi connectivity index (χ2n) is 6.99. The van der Waals surface area contributed by atoms with Crippen molar-refractivity contribution in [2.45, 2.75) is 64.8 Å². The van der Waals surface area contributed by atoms with Crippen LogP contribution in [0.2, 0.25) is 0 Å². The number of nitrogens with one attached hydrogen (secondary N) is 2. The molecule has 5 nitrogen and oxygen atoms in total. The van der Waals surface area contributed by atoms with Gasteiger partial charge in [-0.05, 0) is 37.5 Å².